The van der Waals surface area contributed by atoms with E-state index >= 15 is 0 Å². The van der Waals surface area contributed by atoms with Crippen molar-refractivity contribution in [1.82, 2.24) is 5.32 Å². The van der Waals surface area contributed by atoms with Crippen LogP contribution in [0, 0.1) is 0 Å². The van der Waals surface area contributed by atoms with Gasteiger partial charge in [0.2, 0.25) is 0 Å². The lowest BCUT2D eigenvalue weighted by Gasteiger charge is -1.91. The molecule has 10 heavy (non-hydrogen) atoms. The fourth-order valence-corrected chi connectivity index (χ4v) is 0.346. The summed E-state index contributed by atoms with van der Waals surface area (Å²) in [6.07, 6.45) is 4.53. The summed E-state index contributed by atoms with van der Waals surface area (Å²) in [5.74, 6) is -0.364. The molecular weight excluding hydrogens is 130 g/mol. The van der Waals surface area contributed by atoms with Crippen molar-refractivity contribution in [1.29, 1.82) is 0 Å². The second kappa shape index (κ2) is 5.88. The van der Waals surface area contributed by atoms with Crippen LogP contribution in [0.15, 0.2) is 24.9 Å². The van der Waals surface area contributed by atoms with Crippen LogP contribution in [0.5, 0.6) is 0 Å². The van der Waals surface area contributed by atoms with Gasteiger partial charge in [-0.1, -0.05) is 6.08 Å². The van der Waals surface area contributed by atoms with Gasteiger partial charge in [0.1, 0.15) is 0 Å². The third kappa shape index (κ3) is 4.90. The molecule has 0 radical (unpaired) electrons. The lowest BCUT2D eigenvalue weighted by atomic mass is 10.6. The van der Waals surface area contributed by atoms with Gasteiger partial charge in [-0.2, -0.15) is 0 Å². The van der Waals surface area contributed by atoms with Gasteiger partial charge in [0, 0.05) is 18.8 Å². The molecule has 0 fully saturated rings. The van der Waals surface area contributed by atoms with Crippen LogP contribution in [0.3, 0.4) is 0 Å². The minimum atomic E-state index is -0.364. The maximum absolute atomic E-state index is 10.4. The van der Waals surface area contributed by atoms with E-state index in [0.717, 1.165) is 0 Å². The predicted molar refractivity (Wildman–Crippen MR) is 39.4 cm³/mol. The average Bonchev–Trinajstić information content (AvgIpc) is 1.98. The van der Waals surface area contributed by atoms with Crippen molar-refractivity contribution in [3.8, 4) is 0 Å². The maximum Gasteiger partial charge on any atom is 0.331 e. The molecule has 3 nitrogen and oxygen atoms in total. The van der Waals surface area contributed by atoms with Crippen LogP contribution >= 0.6 is 0 Å². The number of ether oxygens (including phenoxy) is 1. The standard InChI is InChI=1S/C7H11NO2/c1-3-5-8-6-4-7(9)10-2/h3-4,6,8H,1,5H2,2H3. The number of esters is 1. The lowest BCUT2D eigenvalue weighted by Crippen LogP contribution is -2.05. The number of carbonyl (C=O) groups is 1. The zero-order valence-corrected chi connectivity index (χ0v) is 5.96. The van der Waals surface area contributed by atoms with Gasteiger partial charge in [-0.3, -0.25) is 0 Å². The van der Waals surface area contributed by atoms with Gasteiger partial charge in [-0.05, 0) is 0 Å². The van der Waals surface area contributed by atoms with E-state index in [4.69, 9.17) is 0 Å². The van der Waals surface area contributed by atoms with Crippen LogP contribution in [-0.4, -0.2) is 19.6 Å². The average molecular weight is 141 g/mol. The summed E-state index contributed by atoms with van der Waals surface area (Å²) in [6.45, 7) is 4.13. The molecule has 0 aliphatic heterocycles. The van der Waals surface area contributed by atoms with Crippen molar-refractivity contribution in [2.24, 2.45) is 0 Å². The van der Waals surface area contributed by atoms with Gasteiger partial charge in [0.25, 0.3) is 0 Å². The summed E-state index contributed by atoms with van der Waals surface area (Å²) in [6, 6.07) is 0. The molecule has 56 valence electrons. The molecule has 0 aromatic rings. The van der Waals surface area contributed by atoms with Crippen LogP contribution in [0.2, 0.25) is 0 Å². The van der Waals surface area contributed by atoms with Crippen molar-refractivity contribution in [3.05, 3.63) is 24.9 Å². The zero-order valence-electron chi connectivity index (χ0n) is 5.96. The first-order valence-corrected chi connectivity index (χ1v) is 2.90. The normalized spacial score (nSPS) is 9.30. The summed E-state index contributed by atoms with van der Waals surface area (Å²) >= 11 is 0. The highest BCUT2D eigenvalue weighted by Crippen LogP contribution is 1.74. The third-order valence-corrected chi connectivity index (χ3v) is 0.801. The molecule has 0 saturated heterocycles. The quantitative estimate of drug-likeness (QED) is 0.267. The molecule has 0 rings (SSSR count). The van der Waals surface area contributed by atoms with Crippen molar-refractivity contribution < 1.29 is 9.53 Å². The highest BCUT2D eigenvalue weighted by molar-refractivity contribution is 5.81. The predicted octanol–water partition coefficient (Wildman–Crippen LogP) is 0.449. The first-order valence-electron chi connectivity index (χ1n) is 2.90. The van der Waals surface area contributed by atoms with Crippen LogP contribution < -0.4 is 5.32 Å². The van der Waals surface area contributed by atoms with Gasteiger partial charge in [-0.25, -0.2) is 4.79 Å². The van der Waals surface area contributed by atoms with Crippen LogP contribution in [0.1, 0.15) is 0 Å². The van der Waals surface area contributed by atoms with Crippen LogP contribution in [0.4, 0.5) is 0 Å². The molecule has 0 aliphatic carbocycles. The fourth-order valence-electron chi connectivity index (χ4n) is 0.346. The largest absolute Gasteiger partial charge is 0.466 e. The van der Waals surface area contributed by atoms with E-state index in [1.54, 1.807) is 6.08 Å². The second-order valence-corrected chi connectivity index (χ2v) is 1.55. The Morgan fingerprint density at radius 2 is 2.50 bits per heavy atom. The molecule has 0 bridgehead atoms. The van der Waals surface area contributed by atoms with E-state index in [1.807, 2.05) is 0 Å². The van der Waals surface area contributed by atoms with Crippen LogP contribution in [0.25, 0.3) is 0 Å². The molecule has 3 heteroatoms. The Bertz CT molecular complexity index is 141. The van der Waals surface area contributed by atoms with Crippen molar-refractivity contribution in [2.75, 3.05) is 13.7 Å². The second-order valence-electron chi connectivity index (χ2n) is 1.55. The molecule has 0 aliphatic rings. The molecule has 1 N–H and O–H groups in total. The van der Waals surface area contributed by atoms with Crippen molar-refractivity contribution in [2.45, 2.75) is 0 Å². The first kappa shape index (κ1) is 8.75. The zero-order chi connectivity index (χ0) is 7.82. The number of hydrogen-bond donors (Lipinski definition) is 1. The topological polar surface area (TPSA) is 38.3 Å². The van der Waals surface area contributed by atoms with Crippen molar-refractivity contribution in [3.63, 3.8) is 0 Å². The number of carbonyl (C=O) groups excluding carboxylic acids is 1. The fraction of sp³-hybridized carbons (Fsp3) is 0.286. The first-order chi connectivity index (χ1) is 4.81. The summed E-state index contributed by atoms with van der Waals surface area (Å²) in [4.78, 5) is 10.4. The molecule has 0 unspecified atom stereocenters. The smallest absolute Gasteiger partial charge is 0.331 e. The molecule has 0 atom stereocenters. The van der Waals surface area contributed by atoms with E-state index < -0.39 is 0 Å². The minimum absolute atomic E-state index is 0.364. The monoisotopic (exact) mass is 141 g/mol. The molecule has 0 amide bonds. The van der Waals surface area contributed by atoms with Crippen molar-refractivity contribution >= 4 is 5.97 Å². The molecular formula is C7H11NO2. The van der Waals surface area contributed by atoms with Crippen LogP contribution in [-0.2, 0) is 9.53 Å². The molecule has 0 aromatic carbocycles. The number of rotatable bonds is 4. The highest BCUT2D eigenvalue weighted by atomic mass is 16.5. The van der Waals surface area contributed by atoms with Gasteiger partial charge in [-0.15, -0.1) is 6.58 Å². The summed E-state index contributed by atoms with van der Waals surface area (Å²) < 4.78 is 4.34. The Kier molecular flexibility index (Phi) is 5.14. The van der Waals surface area contributed by atoms with E-state index in [1.165, 1.54) is 19.4 Å². The molecule has 0 spiro atoms. The van der Waals surface area contributed by atoms with E-state index in [9.17, 15) is 4.79 Å². The van der Waals surface area contributed by atoms with Gasteiger partial charge in [0.05, 0.1) is 7.11 Å². The highest BCUT2D eigenvalue weighted by Gasteiger charge is 1.86. The summed E-state index contributed by atoms with van der Waals surface area (Å²) in [7, 11) is 1.33. The Morgan fingerprint density at radius 3 is 3.00 bits per heavy atom. The Hall–Kier alpha value is -1.25. The number of methoxy groups -OCH3 is 1. The Labute approximate surface area is 60.4 Å². The SMILES string of the molecule is C=CCNC=CC(=O)OC. The van der Waals surface area contributed by atoms with E-state index in [2.05, 4.69) is 16.6 Å². The third-order valence-electron chi connectivity index (χ3n) is 0.801. The number of hydrogen-bond acceptors (Lipinski definition) is 3. The Morgan fingerprint density at radius 1 is 1.80 bits per heavy atom. The lowest BCUT2D eigenvalue weighted by molar-refractivity contribution is -0.134. The minimum Gasteiger partial charge on any atom is -0.466 e. The summed E-state index contributed by atoms with van der Waals surface area (Å²) in [5, 5.41) is 2.80. The number of nitrogens with one attached hydrogen (secondary N) is 1. The Balaban J connectivity index is 3.35. The van der Waals surface area contributed by atoms with Gasteiger partial charge < -0.3 is 10.1 Å². The van der Waals surface area contributed by atoms with E-state index in [-0.39, 0.29) is 5.97 Å². The van der Waals surface area contributed by atoms with E-state index in [0.29, 0.717) is 6.54 Å². The molecule has 0 aromatic heterocycles. The van der Waals surface area contributed by atoms with Gasteiger partial charge >= 0.3 is 5.97 Å². The molecule has 0 heterocycles. The van der Waals surface area contributed by atoms with Gasteiger partial charge in [0.15, 0.2) is 0 Å². The molecule has 0 saturated carbocycles. The maximum atomic E-state index is 10.4. The summed E-state index contributed by atoms with van der Waals surface area (Å²) in [5.41, 5.74) is 0.